The highest BCUT2D eigenvalue weighted by Crippen LogP contribution is 2.43. The molecule has 28 heavy (non-hydrogen) atoms. The molecule has 2 aliphatic heterocycles. The molecule has 2 fully saturated rings. The quantitative estimate of drug-likeness (QED) is 0.800. The van der Waals surface area contributed by atoms with Crippen LogP contribution in [0.3, 0.4) is 0 Å². The molecule has 9 nitrogen and oxygen atoms in total. The number of hydrogen-bond donors (Lipinski definition) is 1. The van der Waals surface area contributed by atoms with Crippen molar-refractivity contribution in [3.8, 4) is 0 Å². The molecule has 0 radical (unpaired) electrons. The number of nitrogens with zero attached hydrogens (tertiary/aromatic N) is 6. The summed E-state index contributed by atoms with van der Waals surface area (Å²) in [6, 6.07) is 2.33. The molecule has 3 aliphatic rings. The lowest BCUT2D eigenvalue weighted by Crippen LogP contribution is -2.28. The second kappa shape index (κ2) is 6.81. The van der Waals surface area contributed by atoms with E-state index in [2.05, 4.69) is 25.8 Å². The van der Waals surface area contributed by atoms with Gasteiger partial charge in [0.05, 0.1) is 6.04 Å². The molecule has 1 aliphatic carbocycles. The van der Waals surface area contributed by atoms with Crippen molar-refractivity contribution in [3.63, 3.8) is 0 Å². The second-order valence-corrected chi connectivity index (χ2v) is 7.84. The van der Waals surface area contributed by atoms with Crippen LogP contribution in [0.2, 0.25) is 0 Å². The highest BCUT2D eigenvalue weighted by Gasteiger charge is 2.42. The van der Waals surface area contributed by atoms with Crippen LogP contribution in [-0.4, -0.2) is 55.0 Å². The van der Waals surface area contributed by atoms with Crippen molar-refractivity contribution in [1.29, 1.82) is 0 Å². The van der Waals surface area contributed by atoms with E-state index in [9.17, 15) is 9.59 Å². The average molecular weight is 379 g/mol. The molecule has 2 amide bonds. The Hall–Kier alpha value is -3.10. The first-order chi connectivity index (χ1) is 13.7. The third-order valence-electron chi connectivity index (χ3n) is 6.06. The predicted molar refractivity (Wildman–Crippen MR) is 99.9 cm³/mol. The molecule has 1 saturated carbocycles. The van der Waals surface area contributed by atoms with Gasteiger partial charge in [-0.15, -0.1) is 5.10 Å². The Bertz CT molecular complexity index is 926. The SMILES string of the molecule is O=C1CCc2cc(/C=C/C(=O)N3C[C@H]4CC(n5cnnn5)C[C@H]4C3)cnc2N1. The van der Waals surface area contributed by atoms with Crippen molar-refractivity contribution in [2.45, 2.75) is 31.7 Å². The smallest absolute Gasteiger partial charge is 0.246 e. The van der Waals surface area contributed by atoms with Crippen molar-refractivity contribution in [3.05, 3.63) is 35.8 Å². The van der Waals surface area contributed by atoms with E-state index in [1.165, 1.54) is 0 Å². The fourth-order valence-electron chi connectivity index (χ4n) is 4.64. The van der Waals surface area contributed by atoms with E-state index in [4.69, 9.17) is 0 Å². The lowest BCUT2D eigenvalue weighted by molar-refractivity contribution is -0.125. The number of carbonyl (C=O) groups is 2. The molecule has 144 valence electrons. The van der Waals surface area contributed by atoms with E-state index in [1.807, 2.05) is 21.7 Å². The minimum atomic E-state index is 0.000346. The van der Waals surface area contributed by atoms with Crippen LogP contribution in [0.4, 0.5) is 5.82 Å². The molecule has 1 N–H and O–H groups in total. The number of fused-ring (bicyclic) bond motifs is 2. The number of likely N-dealkylation sites (tertiary alicyclic amines) is 1. The van der Waals surface area contributed by atoms with Crippen LogP contribution in [0.25, 0.3) is 6.08 Å². The molecule has 0 spiro atoms. The van der Waals surface area contributed by atoms with E-state index in [0.717, 1.165) is 37.1 Å². The summed E-state index contributed by atoms with van der Waals surface area (Å²) in [6.45, 7) is 1.59. The monoisotopic (exact) mass is 379 g/mol. The number of carbonyl (C=O) groups excluding carboxylic acids is 2. The first-order valence-corrected chi connectivity index (χ1v) is 9.64. The van der Waals surface area contributed by atoms with Gasteiger partial charge < -0.3 is 10.2 Å². The van der Waals surface area contributed by atoms with Gasteiger partial charge in [0, 0.05) is 31.8 Å². The molecule has 2 aromatic heterocycles. The number of nitrogens with one attached hydrogen (secondary N) is 1. The summed E-state index contributed by atoms with van der Waals surface area (Å²) in [5.41, 5.74) is 1.89. The Morgan fingerprint density at radius 1 is 1.21 bits per heavy atom. The summed E-state index contributed by atoms with van der Waals surface area (Å²) in [4.78, 5) is 30.3. The maximum absolute atomic E-state index is 12.6. The van der Waals surface area contributed by atoms with Crippen molar-refractivity contribution in [1.82, 2.24) is 30.1 Å². The van der Waals surface area contributed by atoms with Crippen LogP contribution in [0.15, 0.2) is 24.7 Å². The molecule has 4 heterocycles. The zero-order valence-corrected chi connectivity index (χ0v) is 15.4. The molecular formula is C19H21N7O2. The molecule has 3 atom stereocenters. The van der Waals surface area contributed by atoms with Gasteiger partial charge in [0.15, 0.2) is 0 Å². The van der Waals surface area contributed by atoms with Crippen LogP contribution in [0, 0.1) is 11.8 Å². The van der Waals surface area contributed by atoms with E-state index in [1.54, 1.807) is 18.6 Å². The maximum Gasteiger partial charge on any atom is 0.246 e. The van der Waals surface area contributed by atoms with E-state index >= 15 is 0 Å². The minimum absolute atomic E-state index is 0.000346. The molecule has 9 heteroatoms. The standard InChI is InChI=1S/C19H21N7O2/c27-17-3-2-13-5-12(8-20-19(13)22-17)1-4-18(28)25-9-14-6-16(7-15(14)10-25)26-11-21-23-24-26/h1,4-5,8,11,14-16H,2-3,6-7,9-10H2,(H,20,22,27)/b4-1+/t14-,15+,16?. The zero-order chi connectivity index (χ0) is 19.1. The minimum Gasteiger partial charge on any atom is -0.339 e. The fraction of sp³-hybridized carbons (Fsp3) is 0.474. The van der Waals surface area contributed by atoms with Gasteiger partial charge in [-0.2, -0.15) is 0 Å². The van der Waals surface area contributed by atoms with Crippen LogP contribution in [0.1, 0.15) is 36.4 Å². The van der Waals surface area contributed by atoms with Gasteiger partial charge in [0.1, 0.15) is 12.1 Å². The predicted octanol–water partition coefficient (Wildman–Crippen LogP) is 1.08. The summed E-state index contributed by atoms with van der Waals surface area (Å²) in [6.07, 6.45) is 9.99. The van der Waals surface area contributed by atoms with Crippen LogP contribution >= 0.6 is 0 Å². The van der Waals surface area contributed by atoms with Gasteiger partial charge in [-0.3, -0.25) is 9.59 Å². The summed E-state index contributed by atoms with van der Waals surface area (Å²) < 4.78 is 1.84. The molecule has 5 rings (SSSR count). The van der Waals surface area contributed by atoms with E-state index < -0.39 is 0 Å². The first-order valence-electron chi connectivity index (χ1n) is 9.64. The third kappa shape index (κ3) is 3.17. The van der Waals surface area contributed by atoms with Crippen LogP contribution in [0.5, 0.6) is 0 Å². The fourth-order valence-corrected chi connectivity index (χ4v) is 4.64. The first kappa shape index (κ1) is 17.0. The van der Waals surface area contributed by atoms with Gasteiger partial charge in [0.25, 0.3) is 0 Å². The lowest BCUT2D eigenvalue weighted by atomic mass is 10.0. The van der Waals surface area contributed by atoms with Gasteiger partial charge >= 0.3 is 0 Å². The van der Waals surface area contributed by atoms with E-state index in [0.29, 0.717) is 36.5 Å². The number of aromatic nitrogens is 5. The third-order valence-corrected chi connectivity index (χ3v) is 6.06. The second-order valence-electron chi connectivity index (χ2n) is 7.84. The Balaban J connectivity index is 1.20. The van der Waals surface area contributed by atoms with Gasteiger partial charge in [-0.25, -0.2) is 9.67 Å². The summed E-state index contributed by atoms with van der Waals surface area (Å²) >= 11 is 0. The van der Waals surface area contributed by atoms with E-state index in [-0.39, 0.29) is 11.8 Å². The molecule has 2 aromatic rings. The van der Waals surface area contributed by atoms with Gasteiger partial charge in [-0.05, 0) is 64.8 Å². The zero-order valence-electron chi connectivity index (χ0n) is 15.4. The molecule has 1 saturated heterocycles. The number of tetrazole rings is 1. The highest BCUT2D eigenvalue weighted by molar-refractivity contribution is 5.94. The van der Waals surface area contributed by atoms with Crippen LogP contribution in [-0.2, 0) is 16.0 Å². The van der Waals surface area contributed by atoms with Crippen molar-refractivity contribution >= 4 is 23.7 Å². The Kier molecular flexibility index (Phi) is 4.14. The largest absolute Gasteiger partial charge is 0.339 e. The number of hydrogen-bond acceptors (Lipinski definition) is 6. The van der Waals surface area contributed by atoms with Crippen molar-refractivity contribution < 1.29 is 9.59 Å². The highest BCUT2D eigenvalue weighted by atomic mass is 16.2. The van der Waals surface area contributed by atoms with Crippen molar-refractivity contribution in [2.75, 3.05) is 18.4 Å². The molecule has 0 bridgehead atoms. The topological polar surface area (TPSA) is 106 Å². The number of amides is 2. The lowest BCUT2D eigenvalue weighted by Gasteiger charge is -2.17. The average Bonchev–Trinajstić information content (AvgIpc) is 3.41. The summed E-state index contributed by atoms with van der Waals surface area (Å²) in [7, 11) is 0. The number of rotatable bonds is 3. The summed E-state index contributed by atoms with van der Waals surface area (Å²) in [5.74, 6) is 1.70. The number of pyridine rings is 1. The number of aryl methyl sites for hydroxylation is 1. The molecule has 0 aromatic carbocycles. The van der Waals surface area contributed by atoms with Crippen molar-refractivity contribution in [2.24, 2.45) is 11.8 Å². The molecular weight excluding hydrogens is 358 g/mol. The van der Waals surface area contributed by atoms with Gasteiger partial charge in [0.2, 0.25) is 11.8 Å². The summed E-state index contributed by atoms with van der Waals surface area (Å²) in [5, 5.41) is 14.2. The maximum atomic E-state index is 12.6. The Morgan fingerprint density at radius 2 is 2.04 bits per heavy atom. The normalized spacial score (nSPS) is 26.4. The Morgan fingerprint density at radius 3 is 2.79 bits per heavy atom. The Labute approximate surface area is 161 Å². The molecule has 1 unspecified atom stereocenters. The van der Waals surface area contributed by atoms with Crippen LogP contribution < -0.4 is 5.32 Å². The van der Waals surface area contributed by atoms with Gasteiger partial charge in [-0.1, -0.05) is 0 Å². The number of anilines is 1.